The zero-order chi connectivity index (χ0) is 10.1. The standard InChI is InChI=1S/C9H10F3N/c1-6-7(2)13-4-3-8(6)5-9(10,11)12/h3-4H,5H2,1-2H3. The highest BCUT2D eigenvalue weighted by Gasteiger charge is 2.28. The Morgan fingerprint density at radius 3 is 2.46 bits per heavy atom. The van der Waals surface area contributed by atoms with E-state index < -0.39 is 12.6 Å². The molecule has 1 aromatic rings. The number of alkyl halides is 3. The highest BCUT2D eigenvalue weighted by atomic mass is 19.4. The molecule has 0 bridgehead atoms. The van der Waals surface area contributed by atoms with Crippen LogP contribution in [0.2, 0.25) is 0 Å². The van der Waals surface area contributed by atoms with E-state index in [9.17, 15) is 13.2 Å². The third-order valence-electron chi connectivity index (χ3n) is 1.96. The average Bonchev–Trinajstić information content (AvgIpc) is 1.96. The molecule has 0 fully saturated rings. The van der Waals surface area contributed by atoms with Gasteiger partial charge in [-0.1, -0.05) is 0 Å². The van der Waals surface area contributed by atoms with Crippen molar-refractivity contribution in [3.8, 4) is 0 Å². The van der Waals surface area contributed by atoms with Gasteiger partial charge in [-0.15, -0.1) is 0 Å². The summed E-state index contributed by atoms with van der Waals surface area (Å²) in [5, 5.41) is 0. The van der Waals surface area contributed by atoms with Crippen molar-refractivity contribution in [2.24, 2.45) is 0 Å². The van der Waals surface area contributed by atoms with Crippen molar-refractivity contribution in [3.05, 3.63) is 29.1 Å². The minimum atomic E-state index is -4.14. The van der Waals surface area contributed by atoms with Gasteiger partial charge in [-0.25, -0.2) is 0 Å². The van der Waals surface area contributed by atoms with Crippen LogP contribution in [0.5, 0.6) is 0 Å². The lowest BCUT2D eigenvalue weighted by atomic mass is 10.1. The fourth-order valence-electron chi connectivity index (χ4n) is 1.10. The van der Waals surface area contributed by atoms with E-state index in [4.69, 9.17) is 0 Å². The van der Waals surface area contributed by atoms with Crippen LogP contribution >= 0.6 is 0 Å². The van der Waals surface area contributed by atoms with Gasteiger partial charge in [0.1, 0.15) is 0 Å². The molecule has 1 nitrogen and oxygen atoms in total. The van der Waals surface area contributed by atoms with Gasteiger partial charge in [0.25, 0.3) is 0 Å². The monoisotopic (exact) mass is 189 g/mol. The summed E-state index contributed by atoms with van der Waals surface area (Å²) in [5.74, 6) is 0. The topological polar surface area (TPSA) is 12.9 Å². The van der Waals surface area contributed by atoms with Gasteiger partial charge >= 0.3 is 6.18 Å². The number of pyridine rings is 1. The van der Waals surface area contributed by atoms with Crippen LogP contribution in [-0.4, -0.2) is 11.2 Å². The molecule has 13 heavy (non-hydrogen) atoms. The lowest BCUT2D eigenvalue weighted by Crippen LogP contribution is -2.13. The van der Waals surface area contributed by atoms with Crippen LogP contribution in [0.15, 0.2) is 12.3 Å². The van der Waals surface area contributed by atoms with Gasteiger partial charge in [-0.3, -0.25) is 4.98 Å². The Morgan fingerprint density at radius 1 is 1.31 bits per heavy atom. The summed E-state index contributed by atoms with van der Waals surface area (Å²) in [7, 11) is 0. The molecule has 1 heterocycles. The Morgan fingerprint density at radius 2 is 1.92 bits per heavy atom. The number of halogens is 3. The molecule has 0 atom stereocenters. The summed E-state index contributed by atoms with van der Waals surface area (Å²) < 4.78 is 36.1. The first-order valence-corrected chi connectivity index (χ1v) is 3.88. The molecule has 0 aliphatic carbocycles. The van der Waals surface area contributed by atoms with Crippen molar-refractivity contribution in [1.29, 1.82) is 0 Å². The van der Waals surface area contributed by atoms with E-state index >= 15 is 0 Å². The van der Waals surface area contributed by atoms with E-state index in [0.29, 0.717) is 16.8 Å². The molecule has 0 amide bonds. The molecule has 72 valence electrons. The summed E-state index contributed by atoms with van der Waals surface area (Å²) in [6, 6.07) is 1.41. The minimum Gasteiger partial charge on any atom is -0.261 e. The SMILES string of the molecule is Cc1nccc(CC(F)(F)F)c1C. The molecular weight excluding hydrogens is 179 g/mol. The van der Waals surface area contributed by atoms with Crippen LogP contribution in [0.3, 0.4) is 0 Å². The second-order valence-electron chi connectivity index (χ2n) is 2.97. The maximum atomic E-state index is 12.0. The van der Waals surface area contributed by atoms with Crippen LogP contribution in [0.4, 0.5) is 13.2 Å². The lowest BCUT2D eigenvalue weighted by Gasteiger charge is -2.09. The molecule has 0 N–H and O–H groups in total. The third-order valence-corrected chi connectivity index (χ3v) is 1.96. The van der Waals surface area contributed by atoms with Crippen molar-refractivity contribution in [2.45, 2.75) is 26.4 Å². The second kappa shape index (κ2) is 3.36. The molecular formula is C9H10F3N. The third kappa shape index (κ3) is 2.72. The fourth-order valence-corrected chi connectivity index (χ4v) is 1.10. The number of hydrogen-bond donors (Lipinski definition) is 0. The summed E-state index contributed by atoms with van der Waals surface area (Å²) in [6.45, 7) is 3.36. The summed E-state index contributed by atoms with van der Waals surface area (Å²) >= 11 is 0. The van der Waals surface area contributed by atoms with Crippen molar-refractivity contribution in [2.75, 3.05) is 0 Å². The first-order chi connectivity index (χ1) is 5.90. The number of aromatic nitrogens is 1. The van der Waals surface area contributed by atoms with E-state index in [2.05, 4.69) is 4.98 Å². The van der Waals surface area contributed by atoms with E-state index in [-0.39, 0.29) is 0 Å². The van der Waals surface area contributed by atoms with Gasteiger partial charge in [0, 0.05) is 11.9 Å². The van der Waals surface area contributed by atoms with Crippen LogP contribution < -0.4 is 0 Å². The van der Waals surface area contributed by atoms with Crippen LogP contribution in [-0.2, 0) is 6.42 Å². The molecule has 0 unspecified atom stereocenters. The van der Waals surface area contributed by atoms with Crippen LogP contribution in [0.25, 0.3) is 0 Å². The first kappa shape index (κ1) is 10.0. The Kier molecular flexibility index (Phi) is 2.59. The van der Waals surface area contributed by atoms with Crippen molar-refractivity contribution >= 4 is 0 Å². The largest absolute Gasteiger partial charge is 0.393 e. The maximum absolute atomic E-state index is 12.0. The molecule has 0 saturated heterocycles. The smallest absolute Gasteiger partial charge is 0.261 e. The summed E-state index contributed by atoms with van der Waals surface area (Å²) in [6.07, 6.45) is -3.61. The van der Waals surface area contributed by atoms with Crippen molar-refractivity contribution in [3.63, 3.8) is 0 Å². The first-order valence-electron chi connectivity index (χ1n) is 3.88. The molecule has 4 heteroatoms. The second-order valence-corrected chi connectivity index (χ2v) is 2.97. The van der Waals surface area contributed by atoms with Gasteiger partial charge in [0.15, 0.2) is 0 Å². The molecule has 1 rings (SSSR count). The fraction of sp³-hybridized carbons (Fsp3) is 0.444. The molecule has 0 aliphatic heterocycles. The van der Waals surface area contributed by atoms with Gasteiger partial charge in [-0.2, -0.15) is 13.2 Å². The lowest BCUT2D eigenvalue weighted by molar-refractivity contribution is -0.127. The van der Waals surface area contributed by atoms with Gasteiger partial charge < -0.3 is 0 Å². The number of aryl methyl sites for hydroxylation is 1. The van der Waals surface area contributed by atoms with E-state index in [1.54, 1.807) is 13.8 Å². The number of rotatable bonds is 1. The Labute approximate surface area is 74.6 Å². The minimum absolute atomic E-state index is 0.306. The zero-order valence-electron chi connectivity index (χ0n) is 7.44. The summed E-state index contributed by atoms with van der Waals surface area (Å²) in [5.41, 5.74) is 1.58. The van der Waals surface area contributed by atoms with Gasteiger partial charge in [0.2, 0.25) is 0 Å². The predicted molar refractivity (Wildman–Crippen MR) is 43.5 cm³/mol. The molecule has 0 aliphatic rings. The molecule has 0 radical (unpaired) electrons. The van der Waals surface area contributed by atoms with E-state index in [1.807, 2.05) is 0 Å². The zero-order valence-corrected chi connectivity index (χ0v) is 7.44. The number of nitrogens with zero attached hydrogens (tertiary/aromatic N) is 1. The molecule has 0 spiro atoms. The highest BCUT2D eigenvalue weighted by molar-refractivity contribution is 5.28. The van der Waals surface area contributed by atoms with E-state index in [1.165, 1.54) is 12.3 Å². The predicted octanol–water partition coefficient (Wildman–Crippen LogP) is 2.80. The maximum Gasteiger partial charge on any atom is 0.393 e. The quantitative estimate of drug-likeness (QED) is 0.662. The normalized spacial score (nSPS) is 11.8. The molecule has 0 aromatic carbocycles. The highest BCUT2D eigenvalue weighted by Crippen LogP contribution is 2.23. The van der Waals surface area contributed by atoms with Gasteiger partial charge in [-0.05, 0) is 31.0 Å². The van der Waals surface area contributed by atoms with Crippen molar-refractivity contribution in [1.82, 2.24) is 4.98 Å². The Balaban J connectivity index is 2.96. The summed E-state index contributed by atoms with van der Waals surface area (Å²) in [4.78, 5) is 3.90. The number of hydrogen-bond acceptors (Lipinski definition) is 1. The molecule has 1 aromatic heterocycles. The Hall–Kier alpha value is -1.06. The van der Waals surface area contributed by atoms with Crippen LogP contribution in [0.1, 0.15) is 16.8 Å². The van der Waals surface area contributed by atoms with E-state index in [0.717, 1.165) is 0 Å². The van der Waals surface area contributed by atoms with Crippen molar-refractivity contribution < 1.29 is 13.2 Å². The van der Waals surface area contributed by atoms with Gasteiger partial charge in [0.05, 0.1) is 6.42 Å². The van der Waals surface area contributed by atoms with Crippen LogP contribution in [0, 0.1) is 13.8 Å². The average molecular weight is 189 g/mol. The Bertz CT molecular complexity index is 304. The molecule has 0 saturated carbocycles.